The highest BCUT2D eigenvalue weighted by Gasteiger charge is 2.28. The van der Waals surface area contributed by atoms with E-state index in [-0.39, 0.29) is 5.91 Å². The van der Waals surface area contributed by atoms with Crippen LogP contribution in [0.4, 0.5) is 5.82 Å². The highest BCUT2D eigenvalue weighted by atomic mass is 16.2. The molecule has 3 aromatic rings. The Bertz CT molecular complexity index is 1030. The third-order valence-electron chi connectivity index (χ3n) is 6.13. The lowest BCUT2D eigenvalue weighted by Gasteiger charge is -2.34. The first-order valence-corrected chi connectivity index (χ1v) is 10.4. The number of aryl methyl sites for hydroxylation is 1. The van der Waals surface area contributed by atoms with Crippen LogP contribution in [0.3, 0.4) is 0 Å². The number of carbonyl (C=O) groups is 1. The molecule has 1 saturated heterocycles. The van der Waals surface area contributed by atoms with Gasteiger partial charge in [-0.25, -0.2) is 9.50 Å². The number of amides is 1. The van der Waals surface area contributed by atoms with Crippen molar-refractivity contribution in [1.82, 2.24) is 29.3 Å². The lowest BCUT2D eigenvalue weighted by Crippen LogP contribution is -2.39. The molecular formula is C21H27N7O. The summed E-state index contributed by atoms with van der Waals surface area (Å²) in [5, 5.41) is 8.83. The normalized spacial score (nSPS) is 17.8. The van der Waals surface area contributed by atoms with Gasteiger partial charge in [0.2, 0.25) is 0 Å². The van der Waals surface area contributed by atoms with Crippen molar-refractivity contribution in [3.8, 4) is 0 Å². The van der Waals surface area contributed by atoms with Crippen LogP contribution in [0.1, 0.15) is 47.7 Å². The van der Waals surface area contributed by atoms with Crippen LogP contribution in [0.2, 0.25) is 0 Å². The van der Waals surface area contributed by atoms with E-state index >= 15 is 0 Å². The van der Waals surface area contributed by atoms with Crippen molar-refractivity contribution in [3.63, 3.8) is 0 Å². The van der Waals surface area contributed by atoms with Gasteiger partial charge >= 0.3 is 0 Å². The molecule has 0 unspecified atom stereocenters. The van der Waals surface area contributed by atoms with Gasteiger partial charge in [-0.15, -0.1) is 0 Å². The molecule has 0 bridgehead atoms. The van der Waals surface area contributed by atoms with Crippen molar-refractivity contribution >= 4 is 17.2 Å². The molecule has 0 aromatic carbocycles. The van der Waals surface area contributed by atoms with Crippen LogP contribution in [-0.2, 0) is 7.05 Å². The first-order chi connectivity index (χ1) is 14.1. The monoisotopic (exact) mass is 393 g/mol. The number of aromatic nitrogens is 5. The van der Waals surface area contributed by atoms with E-state index in [1.54, 1.807) is 17.1 Å². The van der Waals surface area contributed by atoms with Gasteiger partial charge in [-0.2, -0.15) is 10.2 Å². The van der Waals surface area contributed by atoms with Crippen molar-refractivity contribution < 1.29 is 4.79 Å². The van der Waals surface area contributed by atoms with Crippen molar-refractivity contribution in [2.75, 3.05) is 31.6 Å². The average Bonchev–Trinajstić information content (AvgIpc) is 3.34. The molecule has 3 aromatic heterocycles. The summed E-state index contributed by atoms with van der Waals surface area (Å²) in [6.07, 6.45) is 11.8. The summed E-state index contributed by atoms with van der Waals surface area (Å²) in [5.74, 6) is 2.22. The van der Waals surface area contributed by atoms with Crippen LogP contribution in [0.5, 0.6) is 0 Å². The lowest BCUT2D eigenvalue weighted by molar-refractivity contribution is 0.0765. The molecule has 8 nitrogen and oxygen atoms in total. The van der Waals surface area contributed by atoms with Gasteiger partial charge in [-0.05, 0) is 37.7 Å². The van der Waals surface area contributed by atoms with Gasteiger partial charge in [0, 0.05) is 58.2 Å². The fourth-order valence-electron chi connectivity index (χ4n) is 4.30. The summed E-state index contributed by atoms with van der Waals surface area (Å²) in [4.78, 5) is 21.4. The molecule has 152 valence electrons. The van der Waals surface area contributed by atoms with E-state index in [9.17, 15) is 4.79 Å². The van der Waals surface area contributed by atoms with Gasteiger partial charge in [0.05, 0.1) is 17.5 Å². The number of hydrogen-bond donors (Lipinski definition) is 0. The number of fused-ring (bicyclic) bond motifs is 1. The molecule has 2 aliphatic rings. The van der Waals surface area contributed by atoms with E-state index in [1.165, 1.54) is 18.5 Å². The second-order valence-electron chi connectivity index (χ2n) is 8.44. The minimum absolute atomic E-state index is 0.0406. The Hall–Kier alpha value is -2.90. The average molecular weight is 393 g/mol. The van der Waals surface area contributed by atoms with Gasteiger partial charge < -0.3 is 9.80 Å². The molecule has 0 atom stereocenters. The lowest BCUT2D eigenvalue weighted by atomic mass is 9.96. The molecule has 0 spiro atoms. The summed E-state index contributed by atoms with van der Waals surface area (Å²) < 4.78 is 3.64. The van der Waals surface area contributed by atoms with Crippen molar-refractivity contribution in [2.45, 2.75) is 31.6 Å². The molecule has 8 heteroatoms. The van der Waals surface area contributed by atoms with Crippen LogP contribution < -0.4 is 4.90 Å². The van der Waals surface area contributed by atoms with E-state index in [2.05, 4.69) is 21.0 Å². The molecular weight excluding hydrogens is 366 g/mol. The second kappa shape index (κ2) is 7.17. The Labute approximate surface area is 170 Å². The number of carbonyl (C=O) groups excluding carboxylic acids is 1. The quantitative estimate of drug-likeness (QED) is 0.665. The predicted molar refractivity (Wildman–Crippen MR) is 110 cm³/mol. The van der Waals surface area contributed by atoms with Gasteiger partial charge in [-0.1, -0.05) is 0 Å². The molecule has 2 fully saturated rings. The standard InChI is InChI=1S/C21H27N7O/c1-25(21(29)17-12-23-26(2)14-17)13-15-5-8-27(9-6-15)20-19-11-18(16-3-4-16)24-28(19)10-7-22-20/h7,10-12,14-16H,3-6,8-9,13H2,1-2H3. The minimum Gasteiger partial charge on any atom is -0.355 e. The predicted octanol–water partition coefficient (Wildman–Crippen LogP) is 2.33. The van der Waals surface area contributed by atoms with E-state index in [0.717, 1.165) is 43.8 Å². The number of piperidine rings is 1. The zero-order valence-corrected chi connectivity index (χ0v) is 17.0. The van der Waals surface area contributed by atoms with E-state index in [0.29, 0.717) is 17.4 Å². The van der Waals surface area contributed by atoms with E-state index in [1.807, 2.05) is 35.9 Å². The topological polar surface area (TPSA) is 71.6 Å². The maximum Gasteiger partial charge on any atom is 0.256 e. The van der Waals surface area contributed by atoms with Gasteiger partial charge in [0.25, 0.3) is 5.91 Å². The fourth-order valence-corrected chi connectivity index (χ4v) is 4.30. The Balaban J connectivity index is 1.22. The SMILES string of the molecule is CN(CC1CCN(c2nccn3nc(C4CC4)cc23)CC1)C(=O)c1cnn(C)c1. The van der Waals surface area contributed by atoms with Gasteiger partial charge in [0.15, 0.2) is 5.82 Å². The Morgan fingerprint density at radius 1 is 1.24 bits per heavy atom. The number of rotatable bonds is 5. The molecule has 0 N–H and O–H groups in total. The minimum atomic E-state index is 0.0406. The number of hydrogen-bond acceptors (Lipinski definition) is 5. The zero-order valence-electron chi connectivity index (χ0n) is 17.0. The highest BCUT2D eigenvalue weighted by molar-refractivity contribution is 5.93. The summed E-state index contributed by atoms with van der Waals surface area (Å²) in [7, 11) is 3.71. The van der Waals surface area contributed by atoms with Crippen LogP contribution in [0.25, 0.3) is 5.52 Å². The smallest absolute Gasteiger partial charge is 0.256 e. The second-order valence-corrected chi connectivity index (χ2v) is 8.44. The molecule has 4 heterocycles. The Kier molecular flexibility index (Phi) is 4.49. The fraction of sp³-hybridized carbons (Fsp3) is 0.524. The molecule has 1 aliphatic heterocycles. The van der Waals surface area contributed by atoms with E-state index < -0.39 is 0 Å². The maximum absolute atomic E-state index is 12.6. The third-order valence-corrected chi connectivity index (χ3v) is 6.13. The summed E-state index contributed by atoms with van der Waals surface area (Å²) in [6, 6.07) is 2.21. The van der Waals surface area contributed by atoms with E-state index in [4.69, 9.17) is 5.10 Å². The Morgan fingerprint density at radius 2 is 2.03 bits per heavy atom. The van der Waals surface area contributed by atoms with Crippen molar-refractivity contribution in [2.24, 2.45) is 13.0 Å². The molecule has 29 heavy (non-hydrogen) atoms. The first-order valence-electron chi connectivity index (χ1n) is 10.4. The largest absolute Gasteiger partial charge is 0.355 e. The van der Waals surface area contributed by atoms with Crippen LogP contribution in [0.15, 0.2) is 30.9 Å². The first kappa shape index (κ1) is 18.1. The van der Waals surface area contributed by atoms with Crippen LogP contribution in [-0.4, -0.2) is 61.9 Å². The number of anilines is 1. The van der Waals surface area contributed by atoms with Gasteiger partial charge in [-0.3, -0.25) is 9.48 Å². The molecule has 0 radical (unpaired) electrons. The molecule has 1 amide bonds. The van der Waals surface area contributed by atoms with Crippen molar-refractivity contribution in [1.29, 1.82) is 0 Å². The third kappa shape index (κ3) is 3.59. The highest BCUT2D eigenvalue weighted by Crippen LogP contribution is 2.40. The van der Waals surface area contributed by atoms with Crippen molar-refractivity contribution in [3.05, 3.63) is 42.1 Å². The summed E-state index contributed by atoms with van der Waals surface area (Å²) in [5.41, 5.74) is 2.96. The van der Waals surface area contributed by atoms with Crippen LogP contribution >= 0.6 is 0 Å². The molecule has 1 aliphatic carbocycles. The maximum atomic E-state index is 12.6. The van der Waals surface area contributed by atoms with Gasteiger partial charge in [0.1, 0.15) is 5.52 Å². The van der Waals surface area contributed by atoms with Crippen LogP contribution in [0, 0.1) is 5.92 Å². The number of nitrogens with zero attached hydrogens (tertiary/aromatic N) is 7. The Morgan fingerprint density at radius 3 is 2.72 bits per heavy atom. The summed E-state index contributed by atoms with van der Waals surface area (Å²) >= 11 is 0. The molecule has 5 rings (SSSR count). The summed E-state index contributed by atoms with van der Waals surface area (Å²) in [6.45, 7) is 2.68. The molecule has 1 saturated carbocycles. The zero-order chi connectivity index (χ0) is 20.0.